The number of hydrogen-bond acceptors (Lipinski definition) is 3. The molecule has 0 bridgehead atoms. The first kappa shape index (κ1) is 18.9. The Balaban J connectivity index is 2.45. The summed E-state index contributed by atoms with van der Waals surface area (Å²) in [6, 6.07) is 4.93. The maximum atomic E-state index is 12.8. The lowest BCUT2D eigenvalue weighted by Gasteiger charge is -2.24. The molecule has 128 valence electrons. The van der Waals surface area contributed by atoms with Gasteiger partial charge >= 0.3 is 6.18 Å². The molecule has 0 aliphatic heterocycles. The first-order chi connectivity index (χ1) is 10.5. The number of aliphatic hydroxyl groups is 1. The van der Waals surface area contributed by atoms with Crippen LogP contribution < -0.4 is 10.6 Å². The molecular weight excluding hydrogens is 320 g/mol. The standard InChI is InChI=1S/C14H16F4N2O3/c1-13(23,9-2-4-10(15)5-3-9)7-19-11(21)6-12(22)20-8-14(16,17)18/h2-5,23H,6-8H2,1H3,(H,19,21)(H,20,22). The predicted molar refractivity (Wildman–Crippen MR) is 72.7 cm³/mol. The molecule has 0 spiro atoms. The lowest BCUT2D eigenvalue weighted by molar-refractivity contribution is -0.141. The minimum atomic E-state index is -4.56. The summed E-state index contributed by atoms with van der Waals surface area (Å²) in [6.07, 6.45) is -5.35. The minimum absolute atomic E-state index is 0.288. The summed E-state index contributed by atoms with van der Waals surface area (Å²) in [5.41, 5.74) is -1.19. The average molecular weight is 336 g/mol. The highest BCUT2D eigenvalue weighted by Gasteiger charge is 2.28. The van der Waals surface area contributed by atoms with Gasteiger partial charge in [-0.1, -0.05) is 12.1 Å². The van der Waals surface area contributed by atoms with Crippen molar-refractivity contribution < 1.29 is 32.3 Å². The number of alkyl halides is 3. The van der Waals surface area contributed by atoms with Crippen molar-refractivity contribution in [3.8, 4) is 0 Å². The molecule has 0 fully saturated rings. The maximum absolute atomic E-state index is 12.8. The van der Waals surface area contributed by atoms with Gasteiger partial charge in [-0.05, 0) is 24.6 Å². The van der Waals surface area contributed by atoms with E-state index in [4.69, 9.17) is 0 Å². The van der Waals surface area contributed by atoms with Crippen molar-refractivity contribution in [2.45, 2.75) is 25.1 Å². The van der Waals surface area contributed by atoms with Crippen LogP contribution in [0, 0.1) is 5.82 Å². The highest BCUT2D eigenvalue weighted by Crippen LogP contribution is 2.19. The molecule has 0 aliphatic rings. The van der Waals surface area contributed by atoms with Gasteiger partial charge in [0.15, 0.2) is 0 Å². The summed E-state index contributed by atoms with van der Waals surface area (Å²) < 4.78 is 48.5. The van der Waals surface area contributed by atoms with Gasteiger partial charge in [0, 0.05) is 0 Å². The van der Waals surface area contributed by atoms with Crippen molar-refractivity contribution >= 4 is 11.8 Å². The van der Waals surface area contributed by atoms with Gasteiger partial charge < -0.3 is 15.7 Å². The van der Waals surface area contributed by atoms with E-state index in [2.05, 4.69) is 5.32 Å². The van der Waals surface area contributed by atoms with Gasteiger partial charge in [0.1, 0.15) is 24.4 Å². The normalized spacial score (nSPS) is 14.0. The number of rotatable bonds is 6. The Labute approximate surface area is 129 Å². The molecule has 5 nitrogen and oxygen atoms in total. The molecule has 0 saturated carbocycles. The molecule has 0 aliphatic carbocycles. The number of benzene rings is 1. The molecule has 2 amide bonds. The predicted octanol–water partition coefficient (Wildman–Crippen LogP) is 1.22. The number of nitrogens with one attached hydrogen (secondary N) is 2. The lowest BCUT2D eigenvalue weighted by atomic mass is 9.96. The SMILES string of the molecule is CC(O)(CNC(=O)CC(=O)NCC(F)(F)F)c1ccc(F)cc1. The molecule has 1 atom stereocenters. The van der Waals surface area contributed by atoms with Crippen molar-refractivity contribution in [2.24, 2.45) is 0 Å². The number of carbonyl (C=O) groups is 2. The third-order valence-corrected chi connectivity index (χ3v) is 2.90. The fourth-order valence-corrected chi connectivity index (χ4v) is 1.65. The van der Waals surface area contributed by atoms with E-state index in [-0.39, 0.29) is 6.54 Å². The minimum Gasteiger partial charge on any atom is -0.384 e. The van der Waals surface area contributed by atoms with Crippen molar-refractivity contribution in [1.29, 1.82) is 0 Å². The molecule has 23 heavy (non-hydrogen) atoms. The molecule has 1 rings (SSSR count). The van der Waals surface area contributed by atoms with Crippen LogP contribution in [0.4, 0.5) is 17.6 Å². The lowest BCUT2D eigenvalue weighted by Crippen LogP contribution is -2.41. The molecule has 0 saturated heterocycles. The van der Waals surface area contributed by atoms with Crippen LogP contribution in [0.5, 0.6) is 0 Å². The largest absolute Gasteiger partial charge is 0.405 e. The van der Waals surface area contributed by atoms with Crippen LogP contribution in [0.25, 0.3) is 0 Å². The van der Waals surface area contributed by atoms with Crippen LogP contribution >= 0.6 is 0 Å². The number of hydrogen-bond donors (Lipinski definition) is 3. The third kappa shape index (κ3) is 7.09. The van der Waals surface area contributed by atoms with E-state index in [1.165, 1.54) is 19.1 Å². The summed E-state index contributed by atoms with van der Waals surface area (Å²) in [6.45, 7) is -0.444. The van der Waals surface area contributed by atoms with Crippen LogP contribution in [0.2, 0.25) is 0 Å². The van der Waals surface area contributed by atoms with E-state index in [1.807, 2.05) is 0 Å². The fourth-order valence-electron chi connectivity index (χ4n) is 1.65. The zero-order valence-corrected chi connectivity index (χ0v) is 12.2. The Morgan fingerprint density at radius 1 is 1.04 bits per heavy atom. The summed E-state index contributed by atoms with van der Waals surface area (Å²) in [7, 11) is 0. The molecule has 1 aromatic carbocycles. The zero-order valence-electron chi connectivity index (χ0n) is 12.2. The number of halogens is 4. The molecule has 0 heterocycles. The van der Waals surface area contributed by atoms with Gasteiger partial charge in [-0.25, -0.2) is 4.39 Å². The van der Waals surface area contributed by atoms with Crippen LogP contribution in [-0.4, -0.2) is 36.2 Å². The summed E-state index contributed by atoms with van der Waals surface area (Å²) in [5, 5.41) is 14.0. The first-order valence-electron chi connectivity index (χ1n) is 6.58. The highest BCUT2D eigenvalue weighted by atomic mass is 19.4. The quantitative estimate of drug-likeness (QED) is 0.540. The Hall–Kier alpha value is -2.16. The van der Waals surface area contributed by atoms with E-state index in [1.54, 1.807) is 5.32 Å². The second-order valence-corrected chi connectivity index (χ2v) is 5.13. The van der Waals surface area contributed by atoms with E-state index in [9.17, 15) is 32.3 Å². The smallest absolute Gasteiger partial charge is 0.384 e. The van der Waals surface area contributed by atoms with Gasteiger partial charge in [-0.3, -0.25) is 9.59 Å². The van der Waals surface area contributed by atoms with E-state index < -0.39 is 42.4 Å². The summed E-state index contributed by atoms with van der Waals surface area (Å²) >= 11 is 0. The third-order valence-electron chi connectivity index (χ3n) is 2.90. The fraction of sp³-hybridized carbons (Fsp3) is 0.429. The summed E-state index contributed by atoms with van der Waals surface area (Å²) in [4.78, 5) is 22.6. The van der Waals surface area contributed by atoms with Crippen LogP contribution in [0.1, 0.15) is 18.9 Å². The second-order valence-electron chi connectivity index (χ2n) is 5.13. The van der Waals surface area contributed by atoms with E-state index in [0.29, 0.717) is 5.56 Å². The van der Waals surface area contributed by atoms with Gasteiger partial charge in [0.25, 0.3) is 0 Å². The Bertz CT molecular complexity index is 556. The number of amides is 2. The van der Waals surface area contributed by atoms with Crippen LogP contribution in [0.3, 0.4) is 0 Å². The summed E-state index contributed by atoms with van der Waals surface area (Å²) in [5.74, 6) is -2.41. The molecule has 9 heteroatoms. The van der Waals surface area contributed by atoms with Crippen molar-refractivity contribution in [2.75, 3.05) is 13.1 Å². The van der Waals surface area contributed by atoms with Gasteiger partial charge in [-0.15, -0.1) is 0 Å². The Morgan fingerprint density at radius 2 is 1.52 bits per heavy atom. The molecular formula is C14H16F4N2O3. The molecule has 0 aromatic heterocycles. The zero-order chi connectivity index (χ0) is 17.7. The van der Waals surface area contributed by atoms with E-state index >= 15 is 0 Å². The highest BCUT2D eigenvalue weighted by molar-refractivity contribution is 5.96. The average Bonchev–Trinajstić information content (AvgIpc) is 2.43. The van der Waals surface area contributed by atoms with Crippen LogP contribution in [-0.2, 0) is 15.2 Å². The van der Waals surface area contributed by atoms with Crippen molar-refractivity contribution in [1.82, 2.24) is 10.6 Å². The molecule has 3 N–H and O–H groups in total. The van der Waals surface area contributed by atoms with Gasteiger partial charge in [0.05, 0.1) is 6.54 Å². The molecule has 1 unspecified atom stereocenters. The monoisotopic (exact) mass is 336 g/mol. The van der Waals surface area contributed by atoms with Gasteiger partial charge in [0.2, 0.25) is 11.8 Å². The van der Waals surface area contributed by atoms with Crippen molar-refractivity contribution in [3.05, 3.63) is 35.6 Å². The number of carbonyl (C=O) groups excluding carboxylic acids is 2. The topological polar surface area (TPSA) is 78.4 Å². The molecule has 1 aromatic rings. The maximum Gasteiger partial charge on any atom is 0.405 e. The van der Waals surface area contributed by atoms with E-state index in [0.717, 1.165) is 12.1 Å². The van der Waals surface area contributed by atoms with Crippen molar-refractivity contribution in [3.63, 3.8) is 0 Å². The Morgan fingerprint density at radius 3 is 2.00 bits per heavy atom. The van der Waals surface area contributed by atoms with Crippen LogP contribution in [0.15, 0.2) is 24.3 Å². The molecule has 0 radical (unpaired) electrons. The second kappa shape index (κ2) is 7.40. The first-order valence-corrected chi connectivity index (χ1v) is 6.58. The Kier molecular flexibility index (Phi) is 6.08. The van der Waals surface area contributed by atoms with Gasteiger partial charge in [-0.2, -0.15) is 13.2 Å².